The summed E-state index contributed by atoms with van der Waals surface area (Å²) < 4.78 is 15.0. The topological polar surface area (TPSA) is 29.3 Å². The van der Waals surface area contributed by atoms with Gasteiger partial charge in [0, 0.05) is 16.1 Å². The summed E-state index contributed by atoms with van der Waals surface area (Å²) in [5.74, 6) is -0.165. The Morgan fingerprint density at radius 2 is 2.00 bits per heavy atom. The summed E-state index contributed by atoms with van der Waals surface area (Å²) in [6.45, 7) is 4.86. The number of nitrogens with two attached hydrogens (primary N) is 1. The van der Waals surface area contributed by atoms with Crippen molar-refractivity contribution in [2.75, 3.05) is 20.6 Å². The van der Waals surface area contributed by atoms with Crippen LogP contribution in [0.3, 0.4) is 0 Å². The molecule has 0 saturated carbocycles. The minimum atomic E-state index is -0.165. The first-order valence-corrected chi connectivity index (χ1v) is 6.90. The van der Waals surface area contributed by atoms with E-state index in [1.807, 2.05) is 20.2 Å². The van der Waals surface area contributed by atoms with Crippen LogP contribution in [0.4, 0.5) is 4.39 Å². The number of halogens is 2. The highest BCUT2D eigenvalue weighted by Gasteiger charge is 2.33. The summed E-state index contributed by atoms with van der Waals surface area (Å²) in [7, 11) is 3.95. The highest BCUT2D eigenvalue weighted by molar-refractivity contribution is 9.10. The molecule has 2 N–H and O–H groups in total. The minimum Gasteiger partial charge on any atom is -0.330 e. The zero-order valence-corrected chi connectivity index (χ0v) is 13.1. The fourth-order valence-electron chi connectivity index (χ4n) is 2.63. The Hall–Kier alpha value is -0.450. The van der Waals surface area contributed by atoms with Crippen LogP contribution in [-0.4, -0.2) is 25.5 Å². The maximum absolute atomic E-state index is 14.1. The van der Waals surface area contributed by atoms with Crippen LogP contribution in [0.5, 0.6) is 0 Å². The van der Waals surface area contributed by atoms with E-state index in [9.17, 15) is 4.39 Å². The van der Waals surface area contributed by atoms with E-state index >= 15 is 0 Å². The zero-order chi connectivity index (χ0) is 13.9. The quantitative estimate of drug-likeness (QED) is 0.899. The molecule has 2 nitrogen and oxygen atoms in total. The highest BCUT2D eigenvalue weighted by atomic mass is 79.9. The summed E-state index contributed by atoms with van der Waals surface area (Å²) in [6, 6.07) is 5.09. The molecule has 18 heavy (non-hydrogen) atoms. The lowest BCUT2D eigenvalue weighted by Crippen LogP contribution is -2.35. The van der Waals surface area contributed by atoms with Crippen molar-refractivity contribution in [1.29, 1.82) is 0 Å². The lowest BCUT2D eigenvalue weighted by atomic mass is 9.77. The first-order chi connectivity index (χ1) is 8.29. The van der Waals surface area contributed by atoms with Crippen molar-refractivity contribution < 1.29 is 4.39 Å². The van der Waals surface area contributed by atoms with Gasteiger partial charge in [-0.05, 0) is 50.7 Å². The second-order valence-electron chi connectivity index (χ2n) is 5.56. The molecule has 1 aromatic rings. The van der Waals surface area contributed by atoms with Crippen molar-refractivity contribution in [1.82, 2.24) is 4.90 Å². The Bertz CT molecular complexity index is 405. The molecule has 0 bridgehead atoms. The molecule has 1 aromatic carbocycles. The van der Waals surface area contributed by atoms with Gasteiger partial charge in [0.25, 0.3) is 0 Å². The molecule has 1 unspecified atom stereocenters. The van der Waals surface area contributed by atoms with Crippen LogP contribution in [0.2, 0.25) is 0 Å². The molecular weight excluding hydrogens is 295 g/mol. The molecule has 4 heteroatoms. The molecule has 0 amide bonds. The third-order valence-electron chi connectivity index (χ3n) is 3.30. The molecule has 0 aliphatic rings. The Morgan fingerprint density at radius 1 is 1.39 bits per heavy atom. The average molecular weight is 317 g/mol. The van der Waals surface area contributed by atoms with Crippen LogP contribution < -0.4 is 5.73 Å². The number of hydrogen-bond donors (Lipinski definition) is 1. The Morgan fingerprint density at radius 3 is 2.50 bits per heavy atom. The third kappa shape index (κ3) is 3.53. The van der Waals surface area contributed by atoms with E-state index in [1.54, 1.807) is 6.07 Å². The molecule has 0 aliphatic heterocycles. The van der Waals surface area contributed by atoms with Crippen molar-refractivity contribution in [3.8, 4) is 0 Å². The fraction of sp³-hybridized carbons (Fsp3) is 0.571. The number of nitrogens with zero attached hydrogens (tertiary/aromatic N) is 1. The van der Waals surface area contributed by atoms with Gasteiger partial charge < -0.3 is 10.6 Å². The highest BCUT2D eigenvalue weighted by Crippen LogP contribution is 2.41. The molecule has 1 rings (SSSR count). The Labute approximate surface area is 117 Å². The summed E-state index contributed by atoms with van der Waals surface area (Å²) in [5, 5.41) is 0. The van der Waals surface area contributed by atoms with E-state index in [2.05, 4.69) is 34.7 Å². The van der Waals surface area contributed by atoms with Crippen LogP contribution in [0.25, 0.3) is 0 Å². The molecule has 1 atom stereocenters. The molecular formula is C14H22BrFN2. The van der Waals surface area contributed by atoms with Gasteiger partial charge >= 0.3 is 0 Å². The Balaban J connectivity index is 3.24. The van der Waals surface area contributed by atoms with Gasteiger partial charge in [0.05, 0.1) is 0 Å². The van der Waals surface area contributed by atoms with Gasteiger partial charge in [-0.1, -0.05) is 29.8 Å². The monoisotopic (exact) mass is 316 g/mol. The summed E-state index contributed by atoms with van der Waals surface area (Å²) in [5.41, 5.74) is 6.31. The Kier molecular flexibility index (Phi) is 5.32. The normalized spacial score (nSPS) is 14.0. The van der Waals surface area contributed by atoms with E-state index in [4.69, 9.17) is 5.73 Å². The van der Waals surface area contributed by atoms with Crippen molar-refractivity contribution in [2.45, 2.75) is 26.3 Å². The van der Waals surface area contributed by atoms with Gasteiger partial charge in [0.2, 0.25) is 0 Å². The lowest BCUT2D eigenvalue weighted by Gasteiger charge is -2.39. The molecule has 0 heterocycles. The van der Waals surface area contributed by atoms with Crippen molar-refractivity contribution in [3.05, 3.63) is 34.1 Å². The van der Waals surface area contributed by atoms with E-state index in [1.165, 1.54) is 6.07 Å². The van der Waals surface area contributed by atoms with Gasteiger partial charge in [0.1, 0.15) is 5.82 Å². The molecule has 0 spiro atoms. The van der Waals surface area contributed by atoms with E-state index in [0.717, 1.165) is 10.9 Å². The van der Waals surface area contributed by atoms with Gasteiger partial charge in [-0.3, -0.25) is 0 Å². The zero-order valence-electron chi connectivity index (χ0n) is 11.5. The van der Waals surface area contributed by atoms with Crippen LogP contribution in [0.15, 0.2) is 22.7 Å². The van der Waals surface area contributed by atoms with Crippen molar-refractivity contribution in [3.63, 3.8) is 0 Å². The number of hydrogen-bond acceptors (Lipinski definition) is 2. The standard InChI is InChI=1S/C14H22BrFN2/c1-14(2,7-8-17)13(18(3)4)11-9-10(15)5-6-12(11)16/h5-6,9,13H,7-8,17H2,1-4H3. The molecule has 0 fully saturated rings. The van der Waals surface area contributed by atoms with Gasteiger partial charge in [-0.2, -0.15) is 0 Å². The number of benzene rings is 1. The maximum atomic E-state index is 14.1. The maximum Gasteiger partial charge on any atom is 0.128 e. The summed E-state index contributed by atoms with van der Waals surface area (Å²) >= 11 is 3.41. The van der Waals surface area contributed by atoms with Crippen LogP contribution in [0.1, 0.15) is 31.9 Å². The van der Waals surface area contributed by atoms with Gasteiger partial charge in [-0.15, -0.1) is 0 Å². The predicted octanol–water partition coefficient (Wildman–Crippen LogP) is 3.57. The van der Waals surface area contributed by atoms with Crippen molar-refractivity contribution in [2.24, 2.45) is 11.1 Å². The number of rotatable bonds is 5. The summed E-state index contributed by atoms with van der Waals surface area (Å²) in [6.07, 6.45) is 0.849. The van der Waals surface area contributed by atoms with Gasteiger partial charge in [0.15, 0.2) is 0 Å². The van der Waals surface area contributed by atoms with E-state index in [-0.39, 0.29) is 17.3 Å². The average Bonchev–Trinajstić information content (AvgIpc) is 2.22. The molecule has 0 saturated heterocycles. The predicted molar refractivity (Wildman–Crippen MR) is 78.0 cm³/mol. The second kappa shape index (κ2) is 6.13. The minimum absolute atomic E-state index is 0.00134. The lowest BCUT2D eigenvalue weighted by molar-refractivity contribution is 0.125. The van der Waals surface area contributed by atoms with Crippen molar-refractivity contribution >= 4 is 15.9 Å². The SMILES string of the molecule is CN(C)C(c1cc(Br)ccc1F)C(C)(C)CCN. The first kappa shape index (κ1) is 15.6. The third-order valence-corrected chi connectivity index (χ3v) is 3.79. The van der Waals surface area contributed by atoms with Crippen LogP contribution in [0, 0.1) is 11.2 Å². The molecule has 102 valence electrons. The van der Waals surface area contributed by atoms with E-state index in [0.29, 0.717) is 12.1 Å². The molecule has 0 aromatic heterocycles. The second-order valence-corrected chi connectivity index (χ2v) is 6.47. The van der Waals surface area contributed by atoms with E-state index < -0.39 is 0 Å². The van der Waals surface area contributed by atoms with Crippen LogP contribution >= 0.6 is 15.9 Å². The first-order valence-electron chi connectivity index (χ1n) is 6.11. The largest absolute Gasteiger partial charge is 0.330 e. The van der Waals surface area contributed by atoms with Gasteiger partial charge in [-0.25, -0.2) is 4.39 Å². The molecule has 0 radical (unpaired) electrons. The summed E-state index contributed by atoms with van der Waals surface area (Å²) in [4.78, 5) is 2.06. The smallest absolute Gasteiger partial charge is 0.128 e. The fourth-order valence-corrected chi connectivity index (χ4v) is 3.01. The molecule has 0 aliphatic carbocycles. The van der Waals surface area contributed by atoms with Crippen LogP contribution in [-0.2, 0) is 0 Å².